The van der Waals surface area contributed by atoms with Gasteiger partial charge in [-0.2, -0.15) is 0 Å². The van der Waals surface area contributed by atoms with Crippen molar-refractivity contribution in [2.24, 2.45) is 0 Å². The molecule has 1 rings (SSSR count). The van der Waals surface area contributed by atoms with E-state index in [1.165, 1.54) is 11.1 Å². The smallest absolute Gasteiger partial charge is 0.0917 e. The minimum absolute atomic E-state index is 0.233. The number of rotatable bonds is 4. The molecule has 0 heterocycles. The Morgan fingerprint density at radius 3 is 2.21 bits per heavy atom. The van der Waals surface area contributed by atoms with Crippen molar-refractivity contribution >= 4 is 22.6 Å². The van der Waals surface area contributed by atoms with Crippen molar-refractivity contribution in [2.75, 3.05) is 4.43 Å². The molecule has 0 aromatic heterocycles. The van der Waals surface area contributed by atoms with Crippen LogP contribution in [0, 0.1) is 6.92 Å². The Morgan fingerprint density at radius 2 is 1.79 bits per heavy atom. The summed E-state index contributed by atoms with van der Waals surface area (Å²) in [7, 11) is 0. The van der Waals surface area contributed by atoms with Gasteiger partial charge in [-0.3, -0.25) is 0 Å². The van der Waals surface area contributed by atoms with Gasteiger partial charge in [-0.1, -0.05) is 52.4 Å². The minimum Gasteiger partial charge on any atom is -0.370 e. The lowest BCUT2D eigenvalue weighted by Gasteiger charge is -2.18. The van der Waals surface area contributed by atoms with Gasteiger partial charge < -0.3 is 4.74 Å². The fraction of sp³-hybridized carbons (Fsp3) is 0.500. The van der Waals surface area contributed by atoms with Gasteiger partial charge in [-0.25, -0.2) is 0 Å². The summed E-state index contributed by atoms with van der Waals surface area (Å²) in [5.41, 5.74) is 2.57. The summed E-state index contributed by atoms with van der Waals surface area (Å²) in [4.78, 5) is 0. The number of ether oxygens (including phenoxy) is 1. The van der Waals surface area contributed by atoms with Crippen molar-refractivity contribution in [2.45, 2.75) is 33.0 Å². The highest BCUT2D eigenvalue weighted by atomic mass is 127. The Kier molecular flexibility index (Phi) is 4.89. The van der Waals surface area contributed by atoms with Crippen LogP contribution in [-0.2, 0) is 4.74 Å². The van der Waals surface area contributed by atoms with E-state index in [0.717, 1.165) is 4.43 Å². The Labute approximate surface area is 100.0 Å². The van der Waals surface area contributed by atoms with Crippen molar-refractivity contribution < 1.29 is 4.74 Å². The molecule has 1 aromatic rings. The number of alkyl halides is 1. The van der Waals surface area contributed by atoms with Crippen LogP contribution < -0.4 is 0 Å². The molecule has 1 atom stereocenters. The highest BCUT2D eigenvalue weighted by Gasteiger charge is 2.11. The minimum atomic E-state index is 0.233. The Hall–Kier alpha value is -0.0900. The molecule has 14 heavy (non-hydrogen) atoms. The van der Waals surface area contributed by atoms with Crippen LogP contribution >= 0.6 is 22.6 Å². The molecule has 0 radical (unpaired) electrons. The van der Waals surface area contributed by atoms with Gasteiger partial charge >= 0.3 is 0 Å². The van der Waals surface area contributed by atoms with Crippen LogP contribution in [0.2, 0.25) is 0 Å². The van der Waals surface area contributed by atoms with Gasteiger partial charge in [0.2, 0.25) is 0 Å². The van der Waals surface area contributed by atoms with E-state index in [-0.39, 0.29) is 12.2 Å². The standard InChI is InChI=1S/C12H17IO/c1-9(2)14-12(8-13)11-6-4-10(3)5-7-11/h4-7,9,12H,8H2,1-3H3. The quantitative estimate of drug-likeness (QED) is 0.605. The molecule has 0 N–H and O–H groups in total. The van der Waals surface area contributed by atoms with Gasteiger partial charge in [-0.05, 0) is 26.3 Å². The van der Waals surface area contributed by atoms with Crippen molar-refractivity contribution in [3.05, 3.63) is 35.4 Å². The lowest BCUT2D eigenvalue weighted by atomic mass is 10.1. The zero-order chi connectivity index (χ0) is 10.6. The highest BCUT2D eigenvalue weighted by Crippen LogP contribution is 2.21. The molecule has 0 spiro atoms. The van der Waals surface area contributed by atoms with Crippen LogP contribution in [0.4, 0.5) is 0 Å². The van der Waals surface area contributed by atoms with Crippen LogP contribution in [0.5, 0.6) is 0 Å². The number of hydrogen-bond acceptors (Lipinski definition) is 1. The van der Waals surface area contributed by atoms with Gasteiger partial charge in [0.1, 0.15) is 0 Å². The first-order chi connectivity index (χ1) is 6.63. The molecule has 1 nitrogen and oxygen atoms in total. The van der Waals surface area contributed by atoms with Crippen LogP contribution in [0.3, 0.4) is 0 Å². The van der Waals surface area contributed by atoms with E-state index in [1.54, 1.807) is 0 Å². The third-order valence-corrected chi connectivity index (χ3v) is 2.83. The second-order valence-corrected chi connectivity index (χ2v) is 4.62. The summed E-state index contributed by atoms with van der Waals surface area (Å²) in [6.45, 7) is 6.26. The summed E-state index contributed by atoms with van der Waals surface area (Å²) < 4.78 is 6.82. The van der Waals surface area contributed by atoms with E-state index in [0.29, 0.717) is 0 Å². The summed E-state index contributed by atoms with van der Waals surface area (Å²) >= 11 is 2.37. The van der Waals surface area contributed by atoms with E-state index in [4.69, 9.17) is 4.74 Å². The molecule has 1 unspecified atom stereocenters. The topological polar surface area (TPSA) is 9.23 Å². The second-order valence-electron chi connectivity index (χ2n) is 3.74. The van der Waals surface area contributed by atoms with Crippen molar-refractivity contribution in [1.29, 1.82) is 0 Å². The van der Waals surface area contributed by atoms with Crippen LogP contribution in [0.15, 0.2) is 24.3 Å². The van der Waals surface area contributed by atoms with E-state index < -0.39 is 0 Å². The number of benzene rings is 1. The first-order valence-electron chi connectivity index (χ1n) is 4.91. The molecular weight excluding hydrogens is 287 g/mol. The summed E-state index contributed by atoms with van der Waals surface area (Å²) in [5, 5.41) is 0. The largest absolute Gasteiger partial charge is 0.370 e. The van der Waals surface area contributed by atoms with Gasteiger partial charge in [0.15, 0.2) is 0 Å². The van der Waals surface area contributed by atoms with Crippen molar-refractivity contribution in [3.63, 3.8) is 0 Å². The van der Waals surface area contributed by atoms with Crippen molar-refractivity contribution in [1.82, 2.24) is 0 Å². The molecule has 0 aliphatic heterocycles. The maximum absolute atomic E-state index is 5.82. The highest BCUT2D eigenvalue weighted by molar-refractivity contribution is 14.1. The molecule has 1 aromatic carbocycles. The molecule has 2 heteroatoms. The summed E-state index contributed by atoms with van der Waals surface area (Å²) in [5.74, 6) is 0. The first-order valence-corrected chi connectivity index (χ1v) is 6.44. The first kappa shape index (κ1) is 12.0. The SMILES string of the molecule is Cc1ccc(C(CI)OC(C)C)cc1. The van der Waals surface area contributed by atoms with Gasteiger partial charge in [0.05, 0.1) is 12.2 Å². The van der Waals surface area contributed by atoms with Crippen LogP contribution in [-0.4, -0.2) is 10.5 Å². The van der Waals surface area contributed by atoms with Gasteiger partial charge in [0, 0.05) is 4.43 Å². The third kappa shape index (κ3) is 3.58. The zero-order valence-electron chi connectivity index (χ0n) is 8.96. The fourth-order valence-electron chi connectivity index (χ4n) is 1.31. The van der Waals surface area contributed by atoms with Crippen molar-refractivity contribution in [3.8, 4) is 0 Å². The van der Waals surface area contributed by atoms with E-state index in [1.807, 2.05) is 0 Å². The Bertz CT molecular complexity index is 266. The van der Waals surface area contributed by atoms with Gasteiger partial charge in [0.25, 0.3) is 0 Å². The fourth-order valence-corrected chi connectivity index (χ4v) is 2.03. The Balaban J connectivity index is 2.73. The molecule has 0 amide bonds. The third-order valence-electron chi connectivity index (χ3n) is 2.03. The van der Waals surface area contributed by atoms with Crippen LogP contribution in [0.25, 0.3) is 0 Å². The number of hydrogen-bond donors (Lipinski definition) is 0. The second kappa shape index (κ2) is 5.71. The molecule has 0 saturated heterocycles. The van der Waals surface area contributed by atoms with Gasteiger partial charge in [-0.15, -0.1) is 0 Å². The summed E-state index contributed by atoms with van der Waals surface area (Å²) in [6.07, 6.45) is 0.521. The maximum Gasteiger partial charge on any atom is 0.0917 e. The molecular formula is C12H17IO. The predicted molar refractivity (Wildman–Crippen MR) is 69.0 cm³/mol. The maximum atomic E-state index is 5.82. The zero-order valence-corrected chi connectivity index (χ0v) is 11.1. The molecule has 0 saturated carbocycles. The average Bonchev–Trinajstić information content (AvgIpc) is 2.15. The lowest BCUT2D eigenvalue weighted by Crippen LogP contribution is -2.11. The molecule has 0 aliphatic rings. The average molecular weight is 304 g/mol. The number of aryl methyl sites for hydroxylation is 1. The molecule has 0 bridgehead atoms. The molecule has 78 valence electrons. The van der Waals surface area contributed by atoms with E-state index in [9.17, 15) is 0 Å². The lowest BCUT2D eigenvalue weighted by molar-refractivity contribution is 0.0224. The normalized spacial score (nSPS) is 13.2. The molecule has 0 aliphatic carbocycles. The predicted octanol–water partition coefficient (Wildman–Crippen LogP) is 3.90. The summed E-state index contributed by atoms with van der Waals surface area (Å²) in [6, 6.07) is 8.58. The van der Waals surface area contributed by atoms with E-state index >= 15 is 0 Å². The van der Waals surface area contributed by atoms with E-state index in [2.05, 4.69) is 67.6 Å². The monoisotopic (exact) mass is 304 g/mol. The number of halogens is 1. The van der Waals surface area contributed by atoms with Crippen LogP contribution in [0.1, 0.15) is 31.1 Å². The Morgan fingerprint density at radius 1 is 1.21 bits per heavy atom. The molecule has 0 fully saturated rings.